The fourth-order valence-corrected chi connectivity index (χ4v) is 2.32. The number of hydrogen-bond donors (Lipinski definition) is 0. The quantitative estimate of drug-likeness (QED) is 0.797. The summed E-state index contributed by atoms with van der Waals surface area (Å²) in [6.45, 7) is 0.342. The maximum atomic E-state index is 5.92. The first-order chi connectivity index (χ1) is 8.19. The summed E-state index contributed by atoms with van der Waals surface area (Å²) in [5.74, 6) is 0.566. The van der Waals surface area contributed by atoms with Gasteiger partial charge in [0.15, 0.2) is 11.0 Å². The molecule has 2 aromatic rings. The van der Waals surface area contributed by atoms with Gasteiger partial charge in [-0.1, -0.05) is 11.6 Å². The minimum atomic E-state index is 0.342. The highest BCUT2D eigenvalue weighted by Crippen LogP contribution is 2.25. The van der Waals surface area contributed by atoms with Crippen LogP contribution in [0, 0.1) is 0 Å². The van der Waals surface area contributed by atoms with Gasteiger partial charge in [-0.15, -0.1) is 0 Å². The molecule has 0 unspecified atom stereocenters. The minimum Gasteiger partial charge on any atom is -0.377 e. The molecule has 0 N–H and O–H groups in total. The molecule has 0 aliphatic carbocycles. The summed E-state index contributed by atoms with van der Waals surface area (Å²) in [5.41, 5.74) is 0. The number of aryl methyl sites for hydroxylation is 1. The average Bonchev–Trinajstić information content (AvgIpc) is 2.64. The zero-order valence-electron chi connectivity index (χ0n) is 9.42. The van der Waals surface area contributed by atoms with Crippen LogP contribution in [0.5, 0.6) is 0 Å². The Kier molecular flexibility index (Phi) is 3.98. The van der Waals surface area contributed by atoms with Crippen molar-refractivity contribution in [3.8, 4) is 0 Å². The second-order valence-electron chi connectivity index (χ2n) is 3.30. The van der Waals surface area contributed by atoms with E-state index in [1.807, 2.05) is 17.8 Å². The van der Waals surface area contributed by atoms with Crippen LogP contribution in [0.25, 0.3) is 0 Å². The Morgan fingerprint density at radius 3 is 2.94 bits per heavy atom. The first kappa shape index (κ1) is 12.3. The van der Waals surface area contributed by atoms with E-state index in [1.165, 1.54) is 11.8 Å². The highest BCUT2D eigenvalue weighted by Gasteiger charge is 2.07. The standard InChI is InChI=1S/C10H11ClN4OS/c1-15-4-3-12-10(15)17-9-5-7(11)13-8(14-9)6-16-2/h3-5H,6H2,1-2H3. The molecular formula is C10H11ClN4OS. The fraction of sp³-hybridized carbons (Fsp3) is 0.300. The number of ether oxygens (including phenoxy) is 1. The van der Waals surface area contributed by atoms with E-state index in [-0.39, 0.29) is 0 Å². The molecule has 5 nitrogen and oxygen atoms in total. The second kappa shape index (κ2) is 5.48. The number of aromatic nitrogens is 4. The van der Waals surface area contributed by atoms with E-state index in [9.17, 15) is 0 Å². The highest BCUT2D eigenvalue weighted by atomic mass is 35.5. The predicted molar refractivity (Wildman–Crippen MR) is 65.1 cm³/mol. The van der Waals surface area contributed by atoms with Crippen molar-refractivity contribution in [3.05, 3.63) is 29.4 Å². The van der Waals surface area contributed by atoms with Crippen molar-refractivity contribution in [3.63, 3.8) is 0 Å². The second-order valence-corrected chi connectivity index (χ2v) is 4.68. The number of hydrogen-bond acceptors (Lipinski definition) is 5. The molecule has 0 bridgehead atoms. The Hall–Kier alpha value is -1.11. The maximum absolute atomic E-state index is 5.92. The molecule has 0 fully saturated rings. The van der Waals surface area contributed by atoms with E-state index in [4.69, 9.17) is 16.3 Å². The lowest BCUT2D eigenvalue weighted by atomic mass is 10.6. The Bertz CT molecular complexity index is 517. The number of imidazole rings is 1. The van der Waals surface area contributed by atoms with E-state index >= 15 is 0 Å². The van der Waals surface area contributed by atoms with E-state index < -0.39 is 0 Å². The normalized spacial score (nSPS) is 10.8. The van der Waals surface area contributed by atoms with Crippen LogP contribution in [-0.4, -0.2) is 26.6 Å². The van der Waals surface area contributed by atoms with Crippen molar-refractivity contribution in [1.29, 1.82) is 0 Å². The van der Waals surface area contributed by atoms with E-state index in [2.05, 4.69) is 15.0 Å². The molecule has 0 saturated heterocycles. The largest absolute Gasteiger partial charge is 0.377 e. The van der Waals surface area contributed by atoms with Crippen LogP contribution in [0.4, 0.5) is 0 Å². The van der Waals surface area contributed by atoms with Crippen LogP contribution in [0.1, 0.15) is 5.82 Å². The molecule has 0 aliphatic heterocycles. The van der Waals surface area contributed by atoms with Gasteiger partial charge in [-0.05, 0) is 11.8 Å². The van der Waals surface area contributed by atoms with Gasteiger partial charge in [-0.25, -0.2) is 15.0 Å². The lowest BCUT2D eigenvalue weighted by Gasteiger charge is -2.04. The van der Waals surface area contributed by atoms with E-state index in [0.717, 1.165) is 10.2 Å². The monoisotopic (exact) mass is 270 g/mol. The summed E-state index contributed by atoms with van der Waals surface area (Å²) < 4.78 is 6.90. The molecule has 0 atom stereocenters. The summed E-state index contributed by atoms with van der Waals surface area (Å²) in [7, 11) is 3.52. The molecule has 2 rings (SSSR count). The molecule has 0 aromatic carbocycles. The molecule has 2 aromatic heterocycles. The Labute approximate surface area is 108 Å². The summed E-state index contributed by atoms with van der Waals surface area (Å²) >= 11 is 7.35. The lowest BCUT2D eigenvalue weighted by Crippen LogP contribution is -1.99. The van der Waals surface area contributed by atoms with Crippen molar-refractivity contribution in [1.82, 2.24) is 19.5 Å². The summed E-state index contributed by atoms with van der Waals surface area (Å²) in [6.07, 6.45) is 3.61. The SMILES string of the molecule is COCc1nc(Cl)cc(Sc2nccn2C)n1. The van der Waals surface area contributed by atoms with Gasteiger partial charge < -0.3 is 9.30 Å². The van der Waals surface area contributed by atoms with Gasteiger partial charge in [0.2, 0.25) is 0 Å². The zero-order valence-corrected chi connectivity index (χ0v) is 11.0. The van der Waals surface area contributed by atoms with Gasteiger partial charge in [0.05, 0.1) is 0 Å². The van der Waals surface area contributed by atoms with Crippen LogP contribution in [0.3, 0.4) is 0 Å². The number of rotatable bonds is 4. The number of nitrogens with zero attached hydrogens (tertiary/aromatic N) is 4. The van der Waals surface area contributed by atoms with Crippen molar-refractivity contribution in [2.24, 2.45) is 7.05 Å². The molecule has 0 aliphatic rings. The lowest BCUT2D eigenvalue weighted by molar-refractivity contribution is 0.177. The third kappa shape index (κ3) is 3.18. The van der Waals surface area contributed by atoms with Gasteiger partial charge in [0.25, 0.3) is 0 Å². The summed E-state index contributed by atoms with van der Waals surface area (Å²) in [5, 5.41) is 2.01. The van der Waals surface area contributed by atoms with Crippen LogP contribution < -0.4 is 0 Å². The number of halogens is 1. The summed E-state index contributed by atoms with van der Waals surface area (Å²) in [4.78, 5) is 12.6. The first-order valence-corrected chi connectivity index (χ1v) is 6.06. The molecule has 0 amide bonds. The Morgan fingerprint density at radius 1 is 1.47 bits per heavy atom. The van der Waals surface area contributed by atoms with Gasteiger partial charge in [-0.3, -0.25) is 0 Å². The van der Waals surface area contributed by atoms with E-state index in [1.54, 1.807) is 19.4 Å². The average molecular weight is 271 g/mol. The molecule has 0 radical (unpaired) electrons. The summed E-state index contributed by atoms with van der Waals surface area (Å²) in [6, 6.07) is 1.71. The Balaban J connectivity index is 2.23. The Morgan fingerprint density at radius 2 is 2.29 bits per heavy atom. The fourth-order valence-electron chi connectivity index (χ4n) is 1.23. The third-order valence-electron chi connectivity index (χ3n) is 1.96. The first-order valence-electron chi connectivity index (χ1n) is 4.86. The van der Waals surface area contributed by atoms with Gasteiger partial charge in [0.1, 0.15) is 16.8 Å². The topological polar surface area (TPSA) is 52.8 Å². The van der Waals surface area contributed by atoms with Crippen molar-refractivity contribution >= 4 is 23.4 Å². The molecule has 2 heterocycles. The minimum absolute atomic E-state index is 0.342. The van der Waals surface area contributed by atoms with Crippen LogP contribution in [0.2, 0.25) is 5.15 Å². The molecule has 90 valence electrons. The number of methoxy groups -OCH3 is 1. The van der Waals surface area contributed by atoms with Gasteiger partial charge in [-0.2, -0.15) is 0 Å². The van der Waals surface area contributed by atoms with Crippen LogP contribution >= 0.6 is 23.4 Å². The molecule has 7 heteroatoms. The molecule has 0 spiro atoms. The maximum Gasteiger partial charge on any atom is 0.174 e. The van der Waals surface area contributed by atoms with Crippen molar-refractivity contribution < 1.29 is 4.74 Å². The van der Waals surface area contributed by atoms with Gasteiger partial charge in [0, 0.05) is 32.6 Å². The smallest absolute Gasteiger partial charge is 0.174 e. The van der Waals surface area contributed by atoms with Crippen LogP contribution in [-0.2, 0) is 18.4 Å². The van der Waals surface area contributed by atoms with Crippen LogP contribution in [0.15, 0.2) is 28.6 Å². The third-order valence-corrected chi connectivity index (χ3v) is 3.15. The van der Waals surface area contributed by atoms with E-state index in [0.29, 0.717) is 17.6 Å². The molecule has 17 heavy (non-hydrogen) atoms. The molecular weight excluding hydrogens is 260 g/mol. The molecule has 0 saturated carbocycles. The highest BCUT2D eigenvalue weighted by molar-refractivity contribution is 7.99. The van der Waals surface area contributed by atoms with Crippen molar-refractivity contribution in [2.75, 3.05) is 7.11 Å². The zero-order chi connectivity index (χ0) is 12.3. The van der Waals surface area contributed by atoms with Gasteiger partial charge >= 0.3 is 0 Å². The van der Waals surface area contributed by atoms with Crippen molar-refractivity contribution in [2.45, 2.75) is 16.8 Å². The predicted octanol–water partition coefficient (Wildman–Crippen LogP) is 2.16.